The van der Waals surface area contributed by atoms with Crippen molar-refractivity contribution in [2.45, 2.75) is 114 Å². The van der Waals surface area contributed by atoms with Gasteiger partial charge in [0.25, 0.3) is 5.56 Å². The molecule has 2 aromatic heterocycles. The first-order chi connectivity index (χ1) is 41.6. The van der Waals surface area contributed by atoms with Crippen LogP contribution in [0.5, 0.6) is 0 Å². The summed E-state index contributed by atoms with van der Waals surface area (Å²) in [6, 6.07) is 37.9. The molecule has 4 aromatic carbocycles. The smallest absolute Gasteiger partial charge is 0.410 e. The van der Waals surface area contributed by atoms with E-state index < -0.39 is 29.8 Å². The number of aromatic nitrogens is 4. The Hall–Kier alpha value is -8.89. The minimum Gasteiger partial charge on any atom is -0.465 e. The second kappa shape index (κ2) is 39.2. The Bertz CT molecular complexity index is 3350. The maximum Gasteiger partial charge on any atom is 0.410 e. The Morgan fingerprint density at radius 1 is 0.467 bits per heavy atom. The number of piperidine rings is 1. The quantitative estimate of drug-likeness (QED) is 0.0424. The summed E-state index contributed by atoms with van der Waals surface area (Å²) in [5.74, 6) is -1.24. The van der Waals surface area contributed by atoms with Gasteiger partial charge < -0.3 is 48.3 Å². The van der Waals surface area contributed by atoms with E-state index in [0.29, 0.717) is 101 Å². The number of H-pyrrole nitrogens is 2. The van der Waals surface area contributed by atoms with E-state index in [-0.39, 0.29) is 117 Å². The SMILES string of the molecule is C.C.C.C.CCOC(=O)C1CCN(C(=O)OCc2ccccc2)CCC1=O.O=C(OCc1ccccc1)N1CCc2[nH]c(=O)[nH]c(=O)c2CC1.O=C(OCc1ccccc1)N1CCc2nc(Cl)nc(Cl)c2CC1.O=C1CCN(C(=O)OCc2ccccc2)CC1. The van der Waals surface area contributed by atoms with Crippen LogP contribution < -0.4 is 11.2 Å². The average Bonchev–Trinajstić information content (AvgIpc) is 2.00. The molecule has 0 bridgehead atoms. The molecule has 2 fully saturated rings. The molecule has 2 saturated heterocycles. The summed E-state index contributed by atoms with van der Waals surface area (Å²) >= 11 is 12.0. The lowest BCUT2D eigenvalue weighted by molar-refractivity contribution is -0.151. The van der Waals surface area contributed by atoms with Crippen LogP contribution in [-0.2, 0) is 90.2 Å². The number of amides is 4. The number of fused-ring (bicyclic) bond motifs is 2. The zero-order valence-electron chi connectivity index (χ0n) is 47.6. The lowest BCUT2D eigenvalue weighted by Crippen LogP contribution is -2.38. The summed E-state index contributed by atoms with van der Waals surface area (Å²) in [4.78, 5) is 125. The number of ether oxygens (including phenoxy) is 5. The molecule has 1 unspecified atom stereocenters. The normalized spacial score (nSPS) is 14.8. The molecular formula is C66H84Cl2N8O14. The summed E-state index contributed by atoms with van der Waals surface area (Å²) in [6.07, 6.45) is 1.74. The number of rotatable bonds is 10. The minimum atomic E-state index is -0.776. The van der Waals surface area contributed by atoms with Crippen molar-refractivity contribution in [2.75, 3.05) is 59.0 Å². The number of likely N-dealkylation sites (tertiary alicyclic amines) is 2. The van der Waals surface area contributed by atoms with E-state index in [0.717, 1.165) is 33.5 Å². The fourth-order valence-corrected chi connectivity index (χ4v) is 9.88. The molecular weight excluding hydrogens is 1200 g/mol. The fraction of sp³-hybridized carbons (Fsp3) is 0.409. The van der Waals surface area contributed by atoms with E-state index in [1.807, 2.05) is 121 Å². The van der Waals surface area contributed by atoms with Crippen molar-refractivity contribution in [3.8, 4) is 0 Å². The molecule has 4 aliphatic rings. The molecule has 22 nitrogen and oxygen atoms in total. The highest BCUT2D eigenvalue weighted by molar-refractivity contribution is 6.32. The highest BCUT2D eigenvalue weighted by atomic mass is 35.5. The molecule has 2 N–H and O–H groups in total. The third-order valence-electron chi connectivity index (χ3n) is 14.1. The number of esters is 1. The summed E-state index contributed by atoms with van der Waals surface area (Å²) in [5.41, 5.74) is 5.62. The van der Waals surface area contributed by atoms with E-state index >= 15 is 0 Å². The first-order valence-electron chi connectivity index (χ1n) is 28.2. The molecule has 486 valence electrons. The van der Waals surface area contributed by atoms with Gasteiger partial charge in [0.05, 0.1) is 12.3 Å². The van der Waals surface area contributed by atoms with Gasteiger partial charge in [-0.2, -0.15) is 0 Å². The first-order valence-corrected chi connectivity index (χ1v) is 29.0. The zero-order valence-corrected chi connectivity index (χ0v) is 49.1. The Morgan fingerprint density at radius 2 is 0.844 bits per heavy atom. The molecule has 90 heavy (non-hydrogen) atoms. The fourth-order valence-electron chi connectivity index (χ4n) is 9.37. The number of hydrogen-bond donors (Lipinski definition) is 2. The topological polar surface area (TPSA) is 270 Å². The molecule has 4 amide bonds. The second-order valence-electron chi connectivity index (χ2n) is 20.0. The van der Waals surface area contributed by atoms with E-state index in [2.05, 4.69) is 19.9 Å². The highest BCUT2D eigenvalue weighted by Gasteiger charge is 2.33. The van der Waals surface area contributed by atoms with E-state index in [1.54, 1.807) is 21.6 Å². The van der Waals surface area contributed by atoms with Crippen molar-refractivity contribution in [2.24, 2.45) is 5.92 Å². The van der Waals surface area contributed by atoms with Crippen LogP contribution in [0.25, 0.3) is 0 Å². The zero-order chi connectivity index (χ0) is 61.2. The Balaban J connectivity index is 0.000000311. The van der Waals surface area contributed by atoms with Gasteiger partial charge in [-0.3, -0.25) is 24.2 Å². The molecule has 10 rings (SSSR count). The number of carbonyl (C=O) groups excluding carboxylic acids is 7. The predicted molar refractivity (Wildman–Crippen MR) is 343 cm³/mol. The van der Waals surface area contributed by atoms with E-state index in [1.165, 1.54) is 4.90 Å². The van der Waals surface area contributed by atoms with Crippen molar-refractivity contribution in [3.63, 3.8) is 0 Å². The van der Waals surface area contributed by atoms with Gasteiger partial charge in [-0.25, -0.2) is 33.9 Å². The summed E-state index contributed by atoms with van der Waals surface area (Å²) in [5, 5.41) is 0.494. The van der Waals surface area contributed by atoms with Crippen LogP contribution in [-0.4, -0.2) is 140 Å². The van der Waals surface area contributed by atoms with Crippen LogP contribution in [0.2, 0.25) is 10.4 Å². The molecule has 24 heteroatoms. The predicted octanol–water partition coefficient (Wildman–Crippen LogP) is 11.0. The Morgan fingerprint density at radius 3 is 1.28 bits per heavy atom. The lowest BCUT2D eigenvalue weighted by Gasteiger charge is -2.25. The molecule has 0 saturated carbocycles. The molecule has 0 radical (unpaired) electrons. The van der Waals surface area contributed by atoms with E-state index in [9.17, 15) is 43.2 Å². The van der Waals surface area contributed by atoms with Crippen molar-refractivity contribution in [3.05, 3.63) is 197 Å². The highest BCUT2D eigenvalue weighted by Crippen LogP contribution is 2.24. The number of hydrogen-bond acceptors (Lipinski definition) is 16. The number of nitrogens with zero attached hydrogens (tertiary/aromatic N) is 6. The molecule has 0 aliphatic carbocycles. The van der Waals surface area contributed by atoms with Crippen LogP contribution in [0.1, 0.15) is 107 Å². The van der Waals surface area contributed by atoms with Crippen LogP contribution >= 0.6 is 23.2 Å². The lowest BCUT2D eigenvalue weighted by atomic mass is 10.00. The number of aromatic amines is 2. The largest absolute Gasteiger partial charge is 0.465 e. The van der Waals surface area contributed by atoms with Crippen LogP contribution in [0.3, 0.4) is 0 Å². The van der Waals surface area contributed by atoms with Gasteiger partial charge in [0.15, 0.2) is 0 Å². The number of Topliss-reactive ketones (excluding diaryl/α,β-unsaturated/α-hetero) is 2. The molecule has 6 heterocycles. The number of ketones is 2. The van der Waals surface area contributed by atoms with Crippen molar-refractivity contribution in [1.29, 1.82) is 0 Å². The molecule has 1 atom stereocenters. The van der Waals surface area contributed by atoms with Gasteiger partial charge in [-0.05, 0) is 60.0 Å². The molecule has 6 aromatic rings. The van der Waals surface area contributed by atoms with Crippen molar-refractivity contribution in [1.82, 2.24) is 39.5 Å². The van der Waals surface area contributed by atoms with Crippen LogP contribution in [0.4, 0.5) is 19.2 Å². The Labute approximate surface area is 536 Å². The van der Waals surface area contributed by atoms with Gasteiger partial charge in [-0.15, -0.1) is 0 Å². The third kappa shape index (κ3) is 23.9. The van der Waals surface area contributed by atoms with Crippen molar-refractivity contribution < 1.29 is 57.2 Å². The summed E-state index contributed by atoms with van der Waals surface area (Å²) in [7, 11) is 0. The minimum absolute atomic E-state index is 0. The number of halogens is 2. The van der Waals surface area contributed by atoms with Gasteiger partial charge in [-0.1, -0.05) is 163 Å². The van der Waals surface area contributed by atoms with E-state index in [4.69, 9.17) is 46.9 Å². The summed E-state index contributed by atoms with van der Waals surface area (Å²) in [6.45, 7) is 6.23. The van der Waals surface area contributed by atoms with Gasteiger partial charge in [0.1, 0.15) is 49.1 Å². The first kappa shape index (κ1) is 75.4. The maximum absolute atomic E-state index is 12.2. The Kier molecular flexibility index (Phi) is 32.8. The van der Waals surface area contributed by atoms with Crippen LogP contribution in [0, 0.1) is 5.92 Å². The monoisotopic (exact) mass is 1280 g/mol. The van der Waals surface area contributed by atoms with Gasteiger partial charge >= 0.3 is 36.0 Å². The average molecular weight is 1280 g/mol. The summed E-state index contributed by atoms with van der Waals surface area (Å²) < 4.78 is 26.0. The molecule has 0 spiro atoms. The number of carbonyl (C=O) groups is 7. The number of nitrogens with one attached hydrogen (secondary N) is 2. The second-order valence-corrected chi connectivity index (χ2v) is 20.7. The molecule has 4 aliphatic heterocycles. The standard InChI is InChI=1S/C17H21NO5.C16H15Cl2N3O2.C16H17N3O4.C13H15NO3.4CH4/c1-2-22-16(20)14-8-10-18(11-9-15(14)19)17(21)23-12-13-6-4-3-5-7-13;17-14-12-6-8-21(9-7-13(12)19-15(18)20-14)16(22)23-10-11-4-2-1-3-5-11;20-14-12-6-8-19(9-7-13(12)17-15(21)18-14)16(22)23-10-11-4-2-1-3-5-11;15-12-6-8-14(9-7-12)13(16)17-10-11-4-2-1-3-5-11;;;;/h3-7,14H,2,8-12H2,1H3;1-5H,6-10H2;1-5H,6-10H2,(H2,17,18,20,21);1-5H,6-10H2;4*1H4. The van der Waals surface area contributed by atoms with Gasteiger partial charge in [0.2, 0.25) is 5.28 Å². The van der Waals surface area contributed by atoms with Gasteiger partial charge in [0, 0.05) is 101 Å². The van der Waals surface area contributed by atoms with Crippen LogP contribution in [0.15, 0.2) is 131 Å². The third-order valence-corrected chi connectivity index (χ3v) is 14.6. The number of benzene rings is 4. The maximum atomic E-state index is 12.2. The van der Waals surface area contributed by atoms with Crippen molar-refractivity contribution >= 4 is 65.1 Å².